The third kappa shape index (κ3) is 61.0. The molecule has 1 fully saturated rings. The first-order chi connectivity index (χ1) is 40.3. The Hall–Kier alpha value is -1.89. The molecule has 0 aromatic carbocycles. The third-order valence-corrected chi connectivity index (χ3v) is 18.7. The molecule has 1 unspecified atom stereocenters. The van der Waals surface area contributed by atoms with Crippen molar-refractivity contribution in [3.63, 3.8) is 0 Å². The maximum Gasteiger partial charge on any atom is 0.268 e. The van der Waals surface area contributed by atoms with Gasteiger partial charge in [-0.1, -0.05) is 271 Å². The van der Waals surface area contributed by atoms with E-state index in [1.54, 1.807) is 0 Å². The van der Waals surface area contributed by atoms with Crippen molar-refractivity contribution in [3.05, 3.63) is 11.9 Å². The van der Waals surface area contributed by atoms with Crippen molar-refractivity contribution in [2.24, 2.45) is 77.6 Å². The van der Waals surface area contributed by atoms with E-state index in [0.717, 1.165) is 127 Å². The summed E-state index contributed by atoms with van der Waals surface area (Å²) in [5.41, 5.74) is 9.35. The van der Waals surface area contributed by atoms with E-state index in [9.17, 15) is 22.6 Å². The molecular formula is C78H159N5O6S. The lowest BCUT2D eigenvalue weighted by Crippen LogP contribution is -2.34. The minimum Gasteiger partial charge on any atom is -0.381 e. The molecule has 0 aliphatic heterocycles. The van der Waals surface area contributed by atoms with E-state index in [0.29, 0.717) is 63.6 Å². The Morgan fingerprint density at radius 1 is 0.556 bits per heavy atom. The number of Topliss-reactive ketones (excluding diaryl/α,β-unsaturated/α-hetero) is 1. The number of ketones is 1. The summed E-state index contributed by atoms with van der Waals surface area (Å²) in [5.74, 6) is 3.04. The fourth-order valence-corrected chi connectivity index (χ4v) is 12.6. The summed E-state index contributed by atoms with van der Waals surface area (Å²) in [6, 6.07) is 0. The Bertz CT molecular complexity index is 2070. The lowest BCUT2D eigenvalue weighted by Gasteiger charge is -2.38. The zero-order valence-electron chi connectivity index (χ0n) is 65.9. The number of carbonyl (C=O) groups excluding carboxylic acids is 2. The molecule has 1 aliphatic rings. The summed E-state index contributed by atoms with van der Waals surface area (Å²) in [7, 11) is -3.94. The van der Waals surface area contributed by atoms with Crippen LogP contribution in [0.2, 0.25) is 0 Å². The number of nitrogens with two attached hydrogens (primary N) is 1. The van der Waals surface area contributed by atoms with Gasteiger partial charge in [-0.2, -0.15) is 8.42 Å². The van der Waals surface area contributed by atoms with Gasteiger partial charge in [0.2, 0.25) is 5.91 Å². The van der Waals surface area contributed by atoms with Crippen molar-refractivity contribution in [2.45, 2.75) is 387 Å². The second-order valence-corrected chi connectivity index (χ2v) is 40.9. The van der Waals surface area contributed by atoms with Crippen LogP contribution < -0.4 is 11.1 Å². The van der Waals surface area contributed by atoms with E-state index in [1.807, 2.05) is 31.6 Å². The Labute approximate surface area is 562 Å². The highest BCUT2D eigenvalue weighted by Gasteiger charge is 2.35. The average Bonchev–Trinajstić information content (AvgIpc) is 3.63. The van der Waals surface area contributed by atoms with E-state index in [1.165, 1.54) is 64.2 Å². The second-order valence-electron chi connectivity index (χ2n) is 39.3. The first-order valence-corrected chi connectivity index (χ1v) is 37.8. The van der Waals surface area contributed by atoms with Crippen molar-refractivity contribution >= 4 is 21.8 Å². The number of amides is 1. The molecule has 1 aromatic rings. The average molecular weight is 1300 g/mol. The smallest absolute Gasteiger partial charge is 0.268 e. The summed E-state index contributed by atoms with van der Waals surface area (Å²) in [6.45, 7) is 70.7. The predicted molar refractivity (Wildman–Crippen MR) is 393 cm³/mol. The number of carbonyl (C=O) groups is 2. The molecule has 1 saturated carbocycles. The summed E-state index contributed by atoms with van der Waals surface area (Å²) >= 11 is 0. The highest BCUT2D eigenvalue weighted by atomic mass is 32.2. The minimum absolute atomic E-state index is 0.103. The van der Waals surface area contributed by atoms with Gasteiger partial charge in [0.15, 0.2) is 0 Å². The first kappa shape index (κ1) is 92.3. The van der Waals surface area contributed by atoms with E-state index in [2.05, 4.69) is 203 Å². The van der Waals surface area contributed by atoms with Crippen LogP contribution in [-0.4, -0.2) is 64.7 Å². The summed E-state index contributed by atoms with van der Waals surface area (Å²) in [5, 5.41) is 10.5. The van der Waals surface area contributed by atoms with Crippen LogP contribution in [0.3, 0.4) is 0 Å². The summed E-state index contributed by atoms with van der Waals surface area (Å²) in [4.78, 5) is 24.1. The van der Waals surface area contributed by atoms with Crippen molar-refractivity contribution in [1.29, 1.82) is 0 Å². The van der Waals surface area contributed by atoms with E-state index >= 15 is 0 Å². The van der Waals surface area contributed by atoms with Gasteiger partial charge >= 0.3 is 0 Å². The lowest BCUT2D eigenvalue weighted by atomic mass is 9.67. The molecule has 12 heteroatoms. The second kappa shape index (κ2) is 42.6. The van der Waals surface area contributed by atoms with Crippen molar-refractivity contribution in [3.8, 4) is 0 Å². The molecule has 538 valence electrons. The lowest BCUT2D eigenvalue weighted by molar-refractivity contribution is -0.122. The molecule has 4 N–H and O–H groups in total. The van der Waals surface area contributed by atoms with Gasteiger partial charge in [0, 0.05) is 39.0 Å². The van der Waals surface area contributed by atoms with Crippen LogP contribution in [0, 0.1) is 71.9 Å². The Morgan fingerprint density at radius 2 is 0.989 bits per heavy atom. The van der Waals surface area contributed by atoms with Gasteiger partial charge in [-0.3, -0.25) is 18.8 Å². The quantitative estimate of drug-likeness (QED) is 0.0523. The molecule has 0 saturated heterocycles. The number of nitrogens with one attached hydrogen (secondary N) is 1. The molecule has 1 heterocycles. The Morgan fingerprint density at radius 3 is 1.37 bits per heavy atom. The van der Waals surface area contributed by atoms with Crippen LogP contribution in [0.5, 0.6) is 0 Å². The zero-order chi connectivity index (χ0) is 70.9. The van der Waals surface area contributed by atoms with Crippen LogP contribution in [0.25, 0.3) is 0 Å². The maximum absolute atomic E-state index is 12.3. The molecule has 0 radical (unpaired) electrons. The molecule has 1 aliphatic carbocycles. The molecule has 2 rings (SSSR count). The van der Waals surface area contributed by atoms with E-state index in [4.69, 9.17) is 10.5 Å². The van der Waals surface area contributed by atoms with Gasteiger partial charge in [-0.25, -0.2) is 0 Å². The number of nitrogens with zero attached hydrogens (tertiary/aromatic N) is 3. The number of hydrogen-bond acceptors (Lipinski definition) is 8. The van der Waals surface area contributed by atoms with Crippen LogP contribution >= 0.6 is 0 Å². The highest BCUT2D eigenvalue weighted by molar-refractivity contribution is 7.86. The largest absolute Gasteiger partial charge is 0.381 e. The van der Waals surface area contributed by atoms with Crippen LogP contribution in [0.1, 0.15) is 374 Å². The maximum atomic E-state index is 12.3. The SMILES string of the molecule is CC(C)(C)CC1CCC(C(C)(C)C)CC1.CC(C)(C)CCCCC(C(C)(C)C)S(=O)(=O)O.CC(C)(C)CCCCCC(=O)C[C@@H](CCCCN)C(C)(C)C.CC(C)(C)CCCCCC(=O)NCc1cn(CC(C)(C)C)nn1.CC(C)(C)CCOCCC(C)(C)C. The third-order valence-electron chi connectivity index (χ3n) is 17.0. The number of rotatable bonds is 29. The van der Waals surface area contributed by atoms with Crippen LogP contribution in [0.15, 0.2) is 6.20 Å². The molecule has 90 heavy (non-hydrogen) atoms. The fourth-order valence-electron chi connectivity index (χ4n) is 11.3. The highest BCUT2D eigenvalue weighted by Crippen LogP contribution is 2.43. The van der Waals surface area contributed by atoms with Gasteiger partial charge in [0.25, 0.3) is 10.1 Å². The first-order valence-electron chi connectivity index (χ1n) is 36.3. The van der Waals surface area contributed by atoms with E-state index < -0.39 is 20.8 Å². The van der Waals surface area contributed by atoms with Gasteiger partial charge in [-0.05, 0) is 162 Å². The van der Waals surface area contributed by atoms with Crippen molar-refractivity contribution in [2.75, 3.05) is 19.8 Å². The van der Waals surface area contributed by atoms with Gasteiger partial charge in [0.1, 0.15) is 11.5 Å². The van der Waals surface area contributed by atoms with E-state index in [-0.39, 0.29) is 22.2 Å². The number of aromatic nitrogens is 3. The monoisotopic (exact) mass is 1290 g/mol. The standard InChI is InChI=1S/C20H41NO.C18H34N4O.C15H30.C13H28O3S.C12H26O/c1-19(2,3)14-10-7-8-13-18(22)16-17(20(4,5)6)12-9-11-15-21;1-17(2,3)11-9-7-8-10-16(23)19-12-15-13-22(21-20-15)14-18(4,5)6;1-14(2,3)11-12-7-9-13(10-8-12)15(4,5)6;1-12(2,3)10-8-7-9-11(13(4,5)6)17(14,15)16;1-11(2,3)7-9-13-10-8-12(4,5)6/h17H,7-16,21H2,1-6H3;13H,7-12,14H2,1-6H3,(H,19,23);12-13H,7-11H2,1-6H3;11H,7-10H2,1-6H3,(H,14,15,16);7-10H2,1-6H3/t17-;;;;/m1..../s1. The van der Waals surface area contributed by atoms with Gasteiger partial charge < -0.3 is 15.8 Å². The number of unbranched alkanes of at least 4 members (excludes halogenated alkanes) is 6. The molecule has 11 nitrogen and oxygen atoms in total. The van der Waals surface area contributed by atoms with Crippen molar-refractivity contribution in [1.82, 2.24) is 20.3 Å². The normalized spacial score (nSPS) is 16.4. The summed E-state index contributed by atoms with van der Waals surface area (Å²) < 4.78 is 39.3. The minimum atomic E-state index is -3.94. The topological polar surface area (TPSA) is 166 Å². The molecule has 0 bridgehead atoms. The summed E-state index contributed by atoms with van der Waals surface area (Å²) in [6.07, 6.45) is 29.7. The van der Waals surface area contributed by atoms with Gasteiger partial charge in [0.05, 0.1) is 18.0 Å². The predicted octanol–water partition coefficient (Wildman–Crippen LogP) is 22.7. The molecule has 0 spiro atoms. The van der Waals surface area contributed by atoms with Crippen LogP contribution in [0.4, 0.5) is 0 Å². The number of hydrogen-bond donors (Lipinski definition) is 3. The molecule has 2 atom stereocenters. The van der Waals surface area contributed by atoms with Crippen molar-refractivity contribution < 1.29 is 27.3 Å². The molecule has 1 amide bonds. The van der Waals surface area contributed by atoms with Crippen LogP contribution in [-0.2, 0) is 37.5 Å². The molecular weight excluding hydrogens is 1130 g/mol. The fraction of sp³-hybridized carbons (Fsp3) is 0.949. The number of ether oxygens (including phenoxy) is 1. The van der Waals surface area contributed by atoms with Gasteiger partial charge in [-0.15, -0.1) is 5.10 Å². The zero-order valence-corrected chi connectivity index (χ0v) is 66.7. The molecule has 1 aromatic heterocycles. The Balaban J connectivity index is -0.00000107. The Kier molecular flexibility index (Phi) is 43.7.